The van der Waals surface area contributed by atoms with E-state index in [-0.39, 0.29) is 0 Å². The van der Waals surface area contributed by atoms with Crippen LogP contribution in [0.15, 0.2) is 64.9 Å². The molecule has 1 saturated heterocycles. The average Bonchev–Trinajstić information content (AvgIpc) is 2.56. The van der Waals surface area contributed by atoms with E-state index in [1.54, 1.807) is 0 Å². The van der Waals surface area contributed by atoms with E-state index in [0.717, 1.165) is 31.9 Å². The zero-order valence-electron chi connectivity index (χ0n) is 11.7. The van der Waals surface area contributed by atoms with Crippen molar-refractivity contribution in [2.45, 2.75) is 0 Å². The molecule has 0 aromatic heterocycles. The Morgan fingerprint density at radius 1 is 0.810 bits per heavy atom. The van der Waals surface area contributed by atoms with Crippen molar-refractivity contribution in [2.75, 3.05) is 31.1 Å². The van der Waals surface area contributed by atoms with Crippen LogP contribution in [0.4, 0.5) is 11.4 Å². The van der Waals surface area contributed by atoms with Gasteiger partial charge in [0.15, 0.2) is 0 Å². The van der Waals surface area contributed by atoms with Gasteiger partial charge in [-0.25, -0.2) is 0 Å². The van der Waals surface area contributed by atoms with Crippen LogP contribution < -0.4 is 4.90 Å². The number of hydrogen-bond acceptors (Lipinski definition) is 3. The largest absolute Gasteiger partial charge is 0.368 e. The fourth-order valence-corrected chi connectivity index (χ4v) is 2.43. The predicted octanol–water partition coefficient (Wildman–Crippen LogP) is 4.16. The quantitative estimate of drug-likeness (QED) is 0.797. The summed E-state index contributed by atoms with van der Waals surface area (Å²) in [5, 5.41) is 11.3. The molecule has 108 valence electrons. The molecule has 0 radical (unpaired) electrons. The first-order valence-electron chi connectivity index (χ1n) is 7.03. The smallest absolute Gasteiger partial charge is 0.0875 e. The Morgan fingerprint density at radius 3 is 2.14 bits per heavy atom. The van der Waals surface area contributed by atoms with Gasteiger partial charge < -0.3 is 4.90 Å². The second-order valence-corrected chi connectivity index (χ2v) is 5.38. The minimum Gasteiger partial charge on any atom is -0.368 e. The van der Waals surface area contributed by atoms with Crippen LogP contribution in [0.5, 0.6) is 0 Å². The molecular weight excluding hydrogens is 284 g/mol. The van der Waals surface area contributed by atoms with E-state index < -0.39 is 0 Å². The molecular formula is C16H17ClN4. The van der Waals surface area contributed by atoms with Crippen molar-refractivity contribution in [3.63, 3.8) is 0 Å². The molecule has 2 aromatic rings. The van der Waals surface area contributed by atoms with Gasteiger partial charge >= 0.3 is 0 Å². The highest BCUT2D eigenvalue weighted by molar-refractivity contribution is 6.30. The zero-order valence-corrected chi connectivity index (χ0v) is 12.4. The van der Waals surface area contributed by atoms with Crippen molar-refractivity contribution >= 4 is 23.0 Å². The Bertz CT molecular complexity index is 589. The summed E-state index contributed by atoms with van der Waals surface area (Å²) in [4.78, 5) is 2.37. The second kappa shape index (κ2) is 6.59. The van der Waals surface area contributed by atoms with Gasteiger partial charge in [0, 0.05) is 23.8 Å². The van der Waals surface area contributed by atoms with Crippen LogP contribution in [-0.4, -0.2) is 31.2 Å². The molecule has 1 heterocycles. The molecule has 0 spiro atoms. The summed E-state index contributed by atoms with van der Waals surface area (Å²) in [7, 11) is 0. The minimum atomic E-state index is 0.713. The van der Waals surface area contributed by atoms with E-state index >= 15 is 0 Å². The third-order valence-electron chi connectivity index (χ3n) is 3.49. The summed E-state index contributed by atoms with van der Waals surface area (Å²) in [6.45, 7) is 3.69. The van der Waals surface area contributed by atoms with Gasteiger partial charge in [-0.05, 0) is 36.4 Å². The standard InChI is InChI=1S/C16H17ClN4/c17-14-6-8-15(9-7-14)18-19-21-12-10-20(11-13-21)16-4-2-1-3-5-16/h1-9H,10-13H2/b19-18+. The lowest BCUT2D eigenvalue weighted by Crippen LogP contribution is -2.43. The number of nitrogens with zero attached hydrogens (tertiary/aromatic N) is 4. The van der Waals surface area contributed by atoms with Crippen LogP contribution in [0.25, 0.3) is 0 Å². The molecule has 21 heavy (non-hydrogen) atoms. The fraction of sp³-hybridized carbons (Fsp3) is 0.250. The first-order chi connectivity index (χ1) is 10.3. The number of anilines is 1. The highest BCUT2D eigenvalue weighted by atomic mass is 35.5. The summed E-state index contributed by atoms with van der Waals surface area (Å²) >= 11 is 5.85. The number of hydrogen-bond donors (Lipinski definition) is 0. The van der Waals surface area contributed by atoms with Crippen molar-refractivity contribution in [3.05, 3.63) is 59.6 Å². The first-order valence-corrected chi connectivity index (χ1v) is 7.41. The van der Waals surface area contributed by atoms with Crippen LogP contribution in [0.3, 0.4) is 0 Å². The van der Waals surface area contributed by atoms with Crippen LogP contribution >= 0.6 is 11.6 Å². The van der Waals surface area contributed by atoms with E-state index in [1.165, 1.54) is 5.69 Å². The van der Waals surface area contributed by atoms with Gasteiger partial charge in [-0.2, -0.15) is 0 Å². The minimum absolute atomic E-state index is 0.713. The van der Waals surface area contributed by atoms with Crippen molar-refractivity contribution < 1.29 is 0 Å². The topological polar surface area (TPSA) is 31.2 Å². The maximum atomic E-state index is 5.85. The molecule has 1 fully saturated rings. The van der Waals surface area contributed by atoms with E-state index in [4.69, 9.17) is 11.6 Å². The normalized spacial score (nSPS) is 15.7. The van der Waals surface area contributed by atoms with Gasteiger partial charge in [0.05, 0.1) is 18.8 Å². The lowest BCUT2D eigenvalue weighted by molar-refractivity contribution is 0.254. The molecule has 5 heteroatoms. The summed E-state index contributed by atoms with van der Waals surface area (Å²) in [6.07, 6.45) is 0. The van der Waals surface area contributed by atoms with Gasteiger partial charge in [0.25, 0.3) is 0 Å². The van der Waals surface area contributed by atoms with Gasteiger partial charge in [-0.3, -0.25) is 5.01 Å². The Balaban J connectivity index is 1.55. The SMILES string of the molecule is Clc1ccc(/N=N/N2CCN(c3ccccc3)CC2)cc1. The molecule has 2 aromatic carbocycles. The lowest BCUT2D eigenvalue weighted by Gasteiger charge is -2.33. The number of rotatable bonds is 3. The van der Waals surface area contributed by atoms with Crippen LogP contribution in [-0.2, 0) is 0 Å². The predicted molar refractivity (Wildman–Crippen MR) is 86.2 cm³/mol. The Labute approximate surface area is 129 Å². The lowest BCUT2D eigenvalue weighted by atomic mass is 10.2. The van der Waals surface area contributed by atoms with E-state index in [1.807, 2.05) is 35.3 Å². The van der Waals surface area contributed by atoms with Crippen molar-refractivity contribution in [1.82, 2.24) is 5.01 Å². The molecule has 0 saturated carbocycles. The van der Waals surface area contributed by atoms with Crippen molar-refractivity contribution in [3.8, 4) is 0 Å². The van der Waals surface area contributed by atoms with Crippen LogP contribution in [0, 0.1) is 0 Å². The highest BCUT2D eigenvalue weighted by Gasteiger charge is 2.15. The molecule has 0 bridgehead atoms. The number of benzene rings is 2. The molecule has 0 unspecified atom stereocenters. The number of halogens is 1. The molecule has 1 aliphatic heterocycles. The third kappa shape index (κ3) is 3.73. The first kappa shape index (κ1) is 13.9. The van der Waals surface area contributed by atoms with E-state index in [9.17, 15) is 0 Å². The third-order valence-corrected chi connectivity index (χ3v) is 3.74. The maximum Gasteiger partial charge on any atom is 0.0875 e. The summed E-state index contributed by atoms with van der Waals surface area (Å²) in [6, 6.07) is 17.9. The van der Waals surface area contributed by atoms with Crippen molar-refractivity contribution in [2.24, 2.45) is 10.3 Å². The molecule has 4 nitrogen and oxygen atoms in total. The summed E-state index contributed by atoms with van der Waals surface area (Å²) < 4.78 is 0. The Hall–Kier alpha value is -2.07. The van der Waals surface area contributed by atoms with E-state index in [0.29, 0.717) is 5.02 Å². The molecule has 1 aliphatic rings. The Kier molecular flexibility index (Phi) is 4.36. The molecule has 3 rings (SSSR count). The second-order valence-electron chi connectivity index (χ2n) is 4.94. The highest BCUT2D eigenvalue weighted by Crippen LogP contribution is 2.18. The average molecular weight is 301 g/mol. The number of para-hydroxylation sites is 1. The molecule has 0 atom stereocenters. The van der Waals surface area contributed by atoms with Gasteiger partial charge in [-0.15, -0.1) is 5.11 Å². The van der Waals surface area contributed by atoms with Gasteiger partial charge in [0.1, 0.15) is 0 Å². The summed E-state index contributed by atoms with van der Waals surface area (Å²) in [5.74, 6) is 0. The number of piperazine rings is 1. The summed E-state index contributed by atoms with van der Waals surface area (Å²) in [5.41, 5.74) is 2.09. The Morgan fingerprint density at radius 2 is 1.48 bits per heavy atom. The van der Waals surface area contributed by atoms with Gasteiger partial charge in [-0.1, -0.05) is 35.0 Å². The molecule has 0 amide bonds. The fourth-order valence-electron chi connectivity index (χ4n) is 2.30. The zero-order chi connectivity index (χ0) is 14.5. The van der Waals surface area contributed by atoms with Crippen molar-refractivity contribution in [1.29, 1.82) is 0 Å². The molecule has 0 aliphatic carbocycles. The monoisotopic (exact) mass is 300 g/mol. The maximum absolute atomic E-state index is 5.85. The van der Waals surface area contributed by atoms with E-state index in [2.05, 4.69) is 39.5 Å². The van der Waals surface area contributed by atoms with Gasteiger partial charge in [0.2, 0.25) is 0 Å². The van der Waals surface area contributed by atoms with Crippen LogP contribution in [0.1, 0.15) is 0 Å². The van der Waals surface area contributed by atoms with Crippen LogP contribution in [0.2, 0.25) is 5.02 Å². The molecule has 0 N–H and O–H groups in total.